The van der Waals surface area contributed by atoms with E-state index in [9.17, 15) is 0 Å². The molecule has 1 heterocycles. The number of rotatable bonds is 6. The molecule has 0 amide bonds. The maximum atomic E-state index is 5.47. The molecule has 1 aromatic heterocycles. The van der Waals surface area contributed by atoms with Gasteiger partial charge in [-0.3, -0.25) is 0 Å². The molecular formula is C10H19N3O. The van der Waals surface area contributed by atoms with Crippen LogP contribution in [0, 0.1) is 0 Å². The summed E-state index contributed by atoms with van der Waals surface area (Å²) in [4.78, 5) is 6.45. The lowest BCUT2D eigenvalue weighted by atomic mass is 10.4. The third-order valence-corrected chi connectivity index (χ3v) is 2.01. The Labute approximate surface area is 85.1 Å². The van der Waals surface area contributed by atoms with Crippen molar-refractivity contribution in [1.29, 1.82) is 0 Å². The summed E-state index contributed by atoms with van der Waals surface area (Å²) in [7, 11) is 0. The SMILES string of the molecule is CCCN(CCC)c1nc(CN)co1. The number of anilines is 1. The van der Waals surface area contributed by atoms with E-state index in [1.807, 2.05) is 0 Å². The summed E-state index contributed by atoms with van der Waals surface area (Å²) in [6, 6.07) is 0.703. The zero-order chi connectivity index (χ0) is 10.4. The van der Waals surface area contributed by atoms with Gasteiger partial charge in [0.1, 0.15) is 6.26 Å². The lowest BCUT2D eigenvalue weighted by Gasteiger charge is -2.18. The van der Waals surface area contributed by atoms with Crippen molar-refractivity contribution in [3.63, 3.8) is 0 Å². The molecule has 0 aromatic carbocycles. The number of hydrogen-bond donors (Lipinski definition) is 1. The summed E-state index contributed by atoms with van der Waals surface area (Å²) in [5.41, 5.74) is 6.29. The Morgan fingerprint density at radius 1 is 1.36 bits per heavy atom. The van der Waals surface area contributed by atoms with Crippen LogP contribution in [-0.2, 0) is 6.54 Å². The van der Waals surface area contributed by atoms with Crippen molar-refractivity contribution in [3.8, 4) is 0 Å². The maximum absolute atomic E-state index is 5.47. The minimum absolute atomic E-state index is 0.440. The van der Waals surface area contributed by atoms with Crippen molar-refractivity contribution in [2.24, 2.45) is 5.73 Å². The number of aromatic nitrogens is 1. The topological polar surface area (TPSA) is 55.3 Å². The minimum Gasteiger partial charge on any atom is -0.432 e. The van der Waals surface area contributed by atoms with Gasteiger partial charge in [0.15, 0.2) is 0 Å². The molecular weight excluding hydrogens is 178 g/mol. The quantitative estimate of drug-likeness (QED) is 0.755. The Morgan fingerprint density at radius 2 is 2.00 bits per heavy atom. The van der Waals surface area contributed by atoms with Crippen LogP contribution in [-0.4, -0.2) is 18.1 Å². The molecule has 0 aliphatic carbocycles. The van der Waals surface area contributed by atoms with Crippen LogP contribution in [0.2, 0.25) is 0 Å². The molecule has 0 spiro atoms. The molecule has 0 saturated carbocycles. The maximum Gasteiger partial charge on any atom is 0.297 e. The summed E-state index contributed by atoms with van der Waals surface area (Å²) < 4.78 is 5.36. The van der Waals surface area contributed by atoms with E-state index in [1.165, 1.54) is 0 Å². The van der Waals surface area contributed by atoms with Gasteiger partial charge in [-0.1, -0.05) is 13.8 Å². The van der Waals surface area contributed by atoms with E-state index in [1.54, 1.807) is 6.26 Å². The van der Waals surface area contributed by atoms with Gasteiger partial charge >= 0.3 is 0 Å². The van der Waals surface area contributed by atoms with Crippen LogP contribution in [0.4, 0.5) is 6.01 Å². The largest absolute Gasteiger partial charge is 0.432 e. The highest BCUT2D eigenvalue weighted by molar-refractivity contribution is 5.26. The van der Waals surface area contributed by atoms with Crippen LogP contribution in [0.25, 0.3) is 0 Å². The molecule has 0 atom stereocenters. The van der Waals surface area contributed by atoms with Gasteiger partial charge in [-0.2, -0.15) is 4.98 Å². The number of nitrogens with zero attached hydrogens (tertiary/aromatic N) is 2. The van der Waals surface area contributed by atoms with Gasteiger partial charge < -0.3 is 15.1 Å². The second-order valence-corrected chi connectivity index (χ2v) is 3.31. The van der Waals surface area contributed by atoms with E-state index in [0.29, 0.717) is 12.6 Å². The smallest absolute Gasteiger partial charge is 0.297 e. The third-order valence-electron chi connectivity index (χ3n) is 2.01. The zero-order valence-electron chi connectivity index (χ0n) is 8.99. The van der Waals surface area contributed by atoms with E-state index in [0.717, 1.165) is 31.6 Å². The van der Waals surface area contributed by atoms with Crippen LogP contribution < -0.4 is 10.6 Å². The fourth-order valence-corrected chi connectivity index (χ4v) is 1.38. The Kier molecular flexibility index (Phi) is 4.46. The predicted octanol–water partition coefficient (Wildman–Crippen LogP) is 1.76. The molecule has 0 aliphatic rings. The Bertz CT molecular complexity index is 254. The molecule has 4 heteroatoms. The Morgan fingerprint density at radius 3 is 2.43 bits per heavy atom. The van der Waals surface area contributed by atoms with Gasteiger partial charge in [0, 0.05) is 19.6 Å². The average molecular weight is 197 g/mol. The summed E-state index contributed by atoms with van der Waals surface area (Å²) in [5.74, 6) is 0. The van der Waals surface area contributed by atoms with Crippen molar-refractivity contribution >= 4 is 6.01 Å². The molecule has 2 N–H and O–H groups in total. The van der Waals surface area contributed by atoms with Gasteiger partial charge in [-0.25, -0.2) is 0 Å². The zero-order valence-corrected chi connectivity index (χ0v) is 8.99. The third kappa shape index (κ3) is 2.73. The molecule has 0 fully saturated rings. The van der Waals surface area contributed by atoms with Crippen molar-refractivity contribution in [1.82, 2.24) is 4.98 Å². The van der Waals surface area contributed by atoms with Gasteiger partial charge in [-0.15, -0.1) is 0 Å². The first-order valence-corrected chi connectivity index (χ1v) is 5.21. The number of hydrogen-bond acceptors (Lipinski definition) is 4. The lowest BCUT2D eigenvalue weighted by Crippen LogP contribution is -2.25. The fourth-order valence-electron chi connectivity index (χ4n) is 1.38. The molecule has 80 valence electrons. The van der Waals surface area contributed by atoms with Gasteiger partial charge in [0.05, 0.1) is 5.69 Å². The molecule has 14 heavy (non-hydrogen) atoms. The first-order valence-electron chi connectivity index (χ1n) is 5.21. The second-order valence-electron chi connectivity index (χ2n) is 3.31. The van der Waals surface area contributed by atoms with E-state index in [-0.39, 0.29) is 0 Å². The van der Waals surface area contributed by atoms with E-state index >= 15 is 0 Å². The van der Waals surface area contributed by atoms with E-state index in [2.05, 4.69) is 23.7 Å². The second kappa shape index (κ2) is 5.65. The highest BCUT2D eigenvalue weighted by atomic mass is 16.4. The van der Waals surface area contributed by atoms with E-state index in [4.69, 9.17) is 10.2 Å². The molecule has 0 saturated heterocycles. The monoisotopic (exact) mass is 197 g/mol. The summed E-state index contributed by atoms with van der Waals surface area (Å²) in [5, 5.41) is 0. The molecule has 0 unspecified atom stereocenters. The highest BCUT2D eigenvalue weighted by Crippen LogP contribution is 2.13. The first kappa shape index (κ1) is 11.0. The first-order chi connectivity index (χ1) is 6.81. The molecule has 1 rings (SSSR count). The summed E-state index contributed by atoms with van der Waals surface area (Å²) in [6.45, 7) is 6.71. The van der Waals surface area contributed by atoms with Crippen LogP contribution in [0.1, 0.15) is 32.4 Å². The highest BCUT2D eigenvalue weighted by Gasteiger charge is 2.10. The summed E-state index contributed by atoms with van der Waals surface area (Å²) >= 11 is 0. The Hall–Kier alpha value is -1.03. The molecule has 0 radical (unpaired) electrons. The van der Waals surface area contributed by atoms with Crippen LogP contribution in [0.15, 0.2) is 10.7 Å². The van der Waals surface area contributed by atoms with Gasteiger partial charge in [0.25, 0.3) is 6.01 Å². The van der Waals surface area contributed by atoms with Crippen molar-refractivity contribution in [3.05, 3.63) is 12.0 Å². The number of nitrogens with two attached hydrogens (primary N) is 1. The number of oxazole rings is 1. The molecule has 1 aromatic rings. The Balaban J connectivity index is 2.65. The van der Waals surface area contributed by atoms with Crippen molar-refractivity contribution < 1.29 is 4.42 Å². The minimum atomic E-state index is 0.440. The van der Waals surface area contributed by atoms with Crippen molar-refractivity contribution in [2.45, 2.75) is 33.2 Å². The molecule has 4 nitrogen and oxygen atoms in total. The van der Waals surface area contributed by atoms with Crippen LogP contribution >= 0.6 is 0 Å². The van der Waals surface area contributed by atoms with Crippen molar-refractivity contribution in [2.75, 3.05) is 18.0 Å². The van der Waals surface area contributed by atoms with Gasteiger partial charge in [0.2, 0.25) is 0 Å². The normalized spacial score (nSPS) is 10.5. The van der Waals surface area contributed by atoms with E-state index < -0.39 is 0 Å². The predicted molar refractivity (Wildman–Crippen MR) is 57.2 cm³/mol. The average Bonchev–Trinajstić information content (AvgIpc) is 2.65. The molecule has 0 bridgehead atoms. The fraction of sp³-hybridized carbons (Fsp3) is 0.700. The van der Waals surface area contributed by atoms with Crippen LogP contribution in [0.5, 0.6) is 0 Å². The van der Waals surface area contributed by atoms with Gasteiger partial charge in [-0.05, 0) is 12.8 Å². The molecule has 0 aliphatic heterocycles. The van der Waals surface area contributed by atoms with Crippen LogP contribution in [0.3, 0.4) is 0 Å². The standard InChI is InChI=1S/C10H19N3O/c1-3-5-13(6-4-2)10-12-9(7-11)8-14-10/h8H,3-7,11H2,1-2H3. The lowest BCUT2D eigenvalue weighted by molar-refractivity contribution is 0.528. The summed E-state index contributed by atoms with van der Waals surface area (Å²) in [6.07, 6.45) is 3.83.